The van der Waals surface area contributed by atoms with E-state index in [-0.39, 0.29) is 48.8 Å². The van der Waals surface area contributed by atoms with Gasteiger partial charge in [-0.15, -0.1) is 0 Å². The SMILES string of the molecule is Cn1nc(N2CCC(=O)NC2=O)c2ccc(C3CCN(Cc4cccc(S(=O)(=O)N5CC(Nc6ncc(C(F)(F)F)cn6)C5)c4)CC3)cc21. The van der Waals surface area contributed by atoms with Gasteiger partial charge in [-0.2, -0.15) is 22.6 Å². The topological polar surface area (TPSA) is 146 Å². The number of carbonyl (C=O) groups excluding carboxylic acids is 2. The first-order valence-corrected chi connectivity index (χ1v) is 17.3. The Morgan fingerprint density at radius 2 is 1.73 bits per heavy atom. The molecule has 49 heavy (non-hydrogen) atoms. The molecule has 17 heteroatoms. The van der Waals surface area contributed by atoms with Crippen molar-refractivity contribution in [1.29, 1.82) is 0 Å². The molecule has 3 amide bonds. The van der Waals surface area contributed by atoms with Crippen LogP contribution in [0.3, 0.4) is 0 Å². The number of alkyl halides is 3. The third-order valence-corrected chi connectivity index (χ3v) is 11.2. The van der Waals surface area contributed by atoms with Crippen LogP contribution < -0.4 is 15.5 Å². The van der Waals surface area contributed by atoms with Gasteiger partial charge in [-0.1, -0.05) is 18.2 Å². The lowest BCUT2D eigenvalue weighted by atomic mass is 9.89. The zero-order chi connectivity index (χ0) is 34.5. The fourth-order valence-corrected chi connectivity index (χ4v) is 8.17. The van der Waals surface area contributed by atoms with Crippen LogP contribution in [-0.4, -0.2) is 88.1 Å². The maximum Gasteiger partial charge on any atom is 0.419 e. The number of fused-ring (bicyclic) bond motifs is 1. The summed E-state index contributed by atoms with van der Waals surface area (Å²) in [6.45, 7) is 2.85. The van der Waals surface area contributed by atoms with E-state index in [0.29, 0.717) is 30.7 Å². The molecule has 0 atom stereocenters. The lowest BCUT2D eigenvalue weighted by Gasteiger charge is -2.38. The number of hydrogen-bond donors (Lipinski definition) is 2. The molecule has 4 aromatic rings. The van der Waals surface area contributed by atoms with E-state index in [9.17, 15) is 31.2 Å². The number of aryl methyl sites for hydroxylation is 1. The van der Waals surface area contributed by atoms with Gasteiger partial charge in [0.25, 0.3) is 0 Å². The summed E-state index contributed by atoms with van der Waals surface area (Å²) >= 11 is 0. The number of imide groups is 1. The van der Waals surface area contributed by atoms with Gasteiger partial charge in [0.1, 0.15) is 0 Å². The summed E-state index contributed by atoms with van der Waals surface area (Å²) in [5.74, 6) is 0.589. The van der Waals surface area contributed by atoms with E-state index >= 15 is 0 Å². The number of hydrogen-bond acceptors (Lipinski definition) is 9. The third-order valence-electron chi connectivity index (χ3n) is 9.33. The van der Waals surface area contributed by atoms with Crippen LogP contribution in [0.4, 0.5) is 29.7 Å². The molecule has 0 spiro atoms. The quantitative estimate of drug-likeness (QED) is 0.282. The van der Waals surface area contributed by atoms with Crippen molar-refractivity contribution in [3.05, 3.63) is 71.5 Å². The molecule has 0 bridgehead atoms. The molecule has 0 radical (unpaired) electrons. The molecule has 2 aromatic carbocycles. The van der Waals surface area contributed by atoms with Crippen molar-refractivity contribution in [1.82, 2.24) is 34.3 Å². The van der Waals surface area contributed by atoms with Crippen LogP contribution in [0.1, 0.15) is 41.9 Å². The monoisotopic (exact) mass is 697 g/mol. The third kappa shape index (κ3) is 6.69. The number of aromatic nitrogens is 4. The van der Waals surface area contributed by atoms with E-state index in [0.717, 1.165) is 42.4 Å². The highest BCUT2D eigenvalue weighted by Crippen LogP contribution is 2.34. The number of halogens is 3. The van der Waals surface area contributed by atoms with Gasteiger partial charge < -0.3 is 5.32 Å². The molecule has 13 nitrogen and oxygen atoms in total. The molecule has 0 saturated carbocycles. The fourth-order valence-electron chi connectivity index (χ4n) is 6.57. The van der Waals surface area contributed by atoms with Crippen molar-refractivity contribution in [3.8, 4) is 0 Å². The Bertz CT molecular complexity index is 2010. The van der Waals surface area contributed by atoms with Gasteiger partial charge in [0.15, 0.2) is 5.82 Å². The first-order valence-electron chi connectivity index (χ1n) is 15.9. The second-order valence-electron chi connectivity index (χ2n) is 12.6. The highest BCUT2D eigenvalue weighted by molar-refractivity contribution is 7.89. The van der Waals surface area contributed by atoms with E-state index in [4.69, 9.17) is 0 Å². The Balaban J connectivity index is 0.935. The Kier molecular flexibility index (Phi) is 8.52. The van der Waals surface area contributed by atoms with E-state index in [1.54, 1.807) is 22.9 Å². The van der Waals surface area contributed by atoms with Crippen molar-refractivity contribution in [2.24, 2.45) is 7.05 Å². The van der Waals surface area contributed by atoms with Crippen LogP contribution in [0, 0.1) is 0 Å². The summed E-state index contributed by atoms with van der Waals surface area (Å²) in [5.41, 5.74) is 2.04. The molecule has 3 aliphatic rings. The molecule has 0 aliphatic carbocycles. The predicted octanol–water partition coefficient (Wildman–Crippen LogP) is 3.69. The predicted molar refractivity (Wildman–Crippen MR) is 173 cm³/mol. The summed E-state index contributed by atoms with van der Waals surface area (Å²) in [5, 5.41) is 10.7. The number of urea groups is 1. The normalized spacial score (nSPS) is 18.9. The van der Waals surface area contributed by atoms with Crippen molar-refractivity contribution >= 4 is 44.6 Å². The van der Waals surface area contributed by atoms with Gasteiger partial charge in [-0.05, 0) is 67.2 Å². The second kappa shape index (κ2) is 12.7. The number of benzene rings is 2. The van der Waals surface area contributed by atoms with Crippen molar-refractivity contribution < 1.29 is 31.2 Å². The zero-order valence-electron chi connectivity index (χ0n) is 26.5. The summed E-state index contributed by atoms with van der Waals surface area (Å²) < 4.78 is 68.1. The van der Waals surface area contributed by atoms with Crippen LogP contribution in [0.15, 0.2) is 59.8 Å². The van der Waals surface area contributed by atoms with Gasteiger partial charge >= 0.3 is 12.2 Å². The van der Waals surface area contributed by atoms with Crippen LogP contribution in [0.25, 0.3) is 10.9 Å². The van der Waals surface area contributed by atoms with Crippen molar-refractivity contribution in [3.63, 3.8) is 0 Å². The standard InChI is InChI=1S/C32H34F3N9O4S/c1-41-27-14-22(5-6-26(27)29(40-41)44-12-9-28(45)39-31(44)46)21-7-10-42(11-8-21)17-20-3-2-4-25(13-20)49(47,48)43-18-24(19-43)38-30-36-15-23(16-37-30)32(33,34)35/h2-6,13-16,21,24H,7-12,17-19H2,1H3,(H,36,37,38)(H,39,45,46). The van der Waals surface area contributed by atoms with Crippen LogP contribution in [0.5, 0.6) is 0 Å². The number of carbonyl (C=O) groups is 2. The lowest BCUT2D eigenvalue weighted by molar-refractivity contribution is -0.138. The Morgan fingerprint density at radius 3 is 2.43 bits per heavy atom. The van der Waals surface area contributed by atoms with E-state index in [1.165, 1.54) is 14.8 Å². The minimum absolute atomic E-state index is 0.00968. The molecule has 258 valence electrons. The molecule has 3 saturated heterocycles. The highest BCUT2D eigenvalue weighted by Gasteiger charge is 2.38. The number of nitrogens with one attached hydrogen (secondary N) is 2. The average Bonchev–Trinajstić information content (AvgIpc) is 3.38. The van der Waals surface area contributed by atoms with Crippen LogP contribution >= 0.6 is 0 Å². The summed E-state index contributed by atoms with van der Waals surface area (Å²) in [4.78, 5) is 35.4. The van der Waals surface area contributed by atoms with Gasteiger partial charge in [0, 0.05) is 57.4 Å². The minimum atomic E-state index is -4.53. The lowest BCUT2D eigenvalue weighted by Crippen LogP contribution is -2.56. The molecular formula is C32H34F3N9O4S. The summed E-state index contributed by atoms with van der Waals surface area (Å²) in [6.07, 6.45) is -1.07. The molecule has 0 unspecified atom stereocenters. The van der Waals surface area contributed by atoms with Gasteiger partial charge in [0.2, 0.25) is 21.9 Å². The number of likely N-dealkylation sites (tertiary alicyclic amines) is 1. The first-order chi connectivity index (χ1) is 23.3. The number of rotatable bonds is 8. The highest BCUT2D eigenvalue weighted by atomic mass is 32.2. The van der Waals surface area contributed by atoms with Crippen LogP contribution in [0.2, 0.25) is 0 Å². The molecule has 3 fully saturated rings. The summed E-state index contributed by atoms with van der Waals surface area (Å²) in [7, 11) is -1.91. The number of anilines is 2. The van der Waals surface area contributed by atoms with Gasteiger partial charge in [0.05, 0.1) is 22.0 Å². The minimum Gasteiger partial charge on any atom is -0.349 e. The number of nitrogens with zero attached hydrogens (tertiary/aromatic N) is 7. The van der Waals surface area contributed by atoms with Gasteiger partial charge in [-0.25, -0.2) is 23.2 Å². The molecule has 2 N–H and O–H groups in total. The summed E-state index contributed by atoms with van der Waals surface area (Å²) in [6, 6.07) is 12.3. The Labute approximate surface area is 280 Å². The maximum absolute atomic E-state index is 13.3. The molecule has 7 rings (SSSR count). The molecule has 5 heterocycles. The first kappa shape index (κ1) is 32.9. The van der Waals surface area contributed by atoms with Crippen LogP contribution in [-0.2, 0) is 34.6 Å². The Morgan fingerprint density at radius 1 is 1.00 bits per heavy atom. The average molecular weight is 698 g/mol. The fraction of sp³-hybridized carbons (Fsp3) is 0.406. The maximum atomic E-state index is 13.3. The van der Waals surface area contributed by atoms with E-state index in [2.05, 4.69) is 42.7 Å². The van der Waals surface area contributed by atoms with Gasteiger partial charge in [-0.3, -0.25) is 24.6 Å². The number of amides is 3. The molecule has 2 aromatic heterocycles. The Hall–Kier alpha value is -4.61. The largest absolute Gasteiger partial charge is 0.419 e. The van der Waals surface area contributed by atoms with E-state index in [1.807, 2.05) is 19.2 Å². The smallest absolute Gasteiger partial charge is 0.349 e. The number of piperidine rings is 1. The molecular weight excluding hydrogens is 663 g/mol. The van der Waals surface area contributed by atoms with Crippen molar-refractivity contribution in [2.75, 3.05) is 42.9 Å². The van der Waals surface area contributed by atoms with Crippen molar-refractivity contribution in [2.45, 2.75) is 48.8 Å². The van der Waals surface area contributed by atoms with E-state index < -0.39 is 27.8 Å². The second-order valence-corrected chi connectivity index (χ2v) is 14.6. The zero-order valence-corrected chi connectivity index (χ0v) is 27.3. The number of sulfonamides is 1. The molecule has 3 aliphatic heterocycles.